The van der Waals surface area contributed by atoms with E-state index < -0.39 is 28.1 Å². The van der Waals surface area contributed by atoms with Crippen LogP contribution < -0.4 is 5.73 Å². The molecular weight excluding hydrogens is 368 g/mol. The van der Waals surface area contributed by atoms with Crippen LogP contribution in [-0.4, -0.2) is 65.5 Å². The SMILES string of the molecule is CC(C)(C)CC(N)C(=O)N1CCC2C1C(=O)CN2S(=O)(=O)c1ccccn1. The van der Waals surface area contributed by atoms with Crippen molar-refractivity contribution in [1.29, 1.82) is 0 Å². The fourth-order valence-electron chi connectivity index (χ4n) is 3.92. The van der Waals surface area contributed by atoms with E-state index in [-0.39, 0.29) is 28.7 Å². The average molecular weight is 394 g/mol. The number of Topliss-reactive ketones (excluding diaryl/α,β-unsaturated/α-hetero) is 1. The number of carbonyl (C=O) groups is 2. The van der Waals surface area contributed by atoms with Crippen molar-refractivity contribution in [3.63, 3.8) is 0 Å². The van der Waals surface area contributed by atoms with E-state index in [9.17, 15) is 18.0 Å². The van der Waals surface area contributed by atoms with Crippen LogP contribution in [0.1, 0.15) is 33.6 Å². The van der Waals surface area contributed by atoms with Crippen molar-refractivity contribution in [1.82, 2.24) is 14.2 Å². The van der Waals surface area contributed by atoms with E-state index >= 15 is 0 Å². The Morgan fingerprint density at radius 3 is 2.67 bits per heavy atom. The monoisotopic (exact) mass is 394 g/mol. The third-order valence-corrected chi connectivity index (χ3v) is 6.81. The van der Waals surface area contributed by atoms with E-state index in [0.717, 1.165) is 0 Å². The number of amides is 1. The fourth-order valence-corrected chi connectivity index (χ4v) is 5.48. The van der Waals surface area contributed by atoms with Crippen molar-refractivity contribution >= 4 is 21.7 Å². The number of hydrogen-bond donors (Lipinski definition) is 1. The lowest BCUT2D eigenvalue weighted by atomic mass is 9.88. The summed E-state index contributed by atoms with van der Waals surface area (Å²) in [5.74, 6) is -0.559. The molecule has 0 radical (unpaired) electrons. The van der Waals surface area contributed by atoms with Crippen LogP contribution in [-0.2, 0) is 19.6 Å². The zero-order valence-electron chi connectivity index (χ0n) is 15.8. The molecule has 3 heterocycles. The maximum Gasteiger partial charge on any atom is 0.261 e. The number of pyridine rings is 1. The molecule has 27 heavy (non-hydrogen) atoms. The molecule has 148 valence electrons. The number of nitrogens with zero attached hydrogens (tertiary/aromatic N) is 3. The van der Waals surface area contributed by atoms with Crippen LogP contribution in [0.5, 0.6) is 0 Å². The molecular formula is C18H26N4O4S. The predicted molar refractivity (Wildman–Crippen MR) is 99.1 cm³/mol. The van der Waals surface area contributed by atoms with E-state index in [2.05, 4.69) is 4.98 Å². The Bertz CT molecular complexity index is 835. The Morgan fingerprint density at radius 2 is 2.07 bits per heavy atom. The summed E-state index contributed by atoms with van der Waals surface area (Å²) in [6.07, 6.45) is 2.30. The maximum absolute atomic E-state index is 12.9. The van der Waals surface area contributed by atoms with Crippen LogP contribution in [0.2, 0.25) is 0 Å². The van der Waals surface area contributed by atoms with Crippen LogP contribution in [0, 0.1) is 5.41 Å². The molecule has 1 aromatic rings. The topological polar surface area (TPSA) is 114 Å². The van der Waals surface area contributed by atoms with Crippen LogP contribution in [0.15, 0.2) is 29.4 Å². The van der Waals surface area contributed by atoms with Gasteiger partial charge in [0.15, 0.2) is 10.8 Å². The molecule has 9 heteroatoms. The second-order valence-corrected chi connectivity index (χ2v) is 10.2. The van der Waals surface area contributed by atoms with Crippen molar-refractivity contribution in [3.05, 3.63) is 24.4 Å². The van der Waals surface area contributed by atoms with Gasteiger partial charge in [-0.05, 0) is 30.4 Å². The highest BCUT2D eigenvalue weighted by molar-refractivity contribution is 7.89. The Morgan fingerprint density at radius 1 is 1.37 bits per heavy atom. The van der Waals surface area contributed by atoms with Crippen molar-refractivity contribution < 1.29 is 18.0 Å². The smallest absolute Gasteiger partial charge is 0.261 e. The summed E-state index contributed by atoms with van der Waals surface area (Å²) in [6.45, 7) is 6.07. The highest BCUT2D eigenvalue weighted by Crippen LogP contribution is 2.34. The first-order valence-electron chi connectivity index (χ1n) is 9.04. The second-order valence-electron chi connectivity index (χ2n) is 8.39. The van der Waals surface area contributed by atoms with E-state index in [4.69, 9.17) is 5.73 Å². The van der Waals surface area contributed by atoms with E-state index in [1.807, 2.05) is 20.8 Å². The number of hydrogen-bond acceptors (Lipinski definition) is 6. The average Bonchev–Trinajstić information content (AvgIpc) is 3.15. The Labute approximate surface area is 159 Å². The number of nitrogens with two attached hydrogens (primary N) is 1. The zero-order valence-corrected chi connectivity index (χ0v) is 16.6. The molecule has 3 atom stereocenters. The molecule has 0 aliphatic carbocycles. The molecule has 2 fully saturated rings. The van der Waals surface area contributed by atoms with Gasteiger partial charge in [-0.15, -0.1) is 0 Å². The fraction of sp³-hybridized carbons (Fsp3) is 0.611. The molecule has 1 aromatic heterocycles. The standard InChI is InChI=1S/C18H26N4O4S/c1-18(2,3)10-12(19)17(24)21-9-7-13-16(21)14(23)11-22(13)27(25,26)15-6-4-5-8-20-15/h4-6,8,12-13,16H,7,9-11,19H2,1-3H3. The number of sulfonamides is 1. The summed E-state index contributed by atoms with van der Waals surface area (Å²) in [5, 5.41) is -0.0901. The van der Waals surface area contributed by atoms with Crippen LogP contribution >= 0.6 is 0 Å². The Kier molecular flexibility index (Phi) is 5.13. The summed E-state index contributed by atoms with van der Waals surface area (Å²) in [7, 11) is -3.89. The van der Waals surface area contributed by atoms with Crippen molar-refractivity contribution in [3.8, 4) is 0 Å². The zero-order chi connectivity index (χ0) is 20.0. The van der Waals surface area contributed by atoms with Crippen molar-refractivity contribution in [2.24, 2.45) is 11.1 Å². The van der Waals surface area contributed by atoms with Gasteiger partial charge in [0.05, 0.1) is 18.6 Å². The Hall–Kier alpha value is -1.84. The number of rotatable bonds is 4. The van der Waals surface area contributed by atoms with Gasteiger partial charge in [-0.25, -0.2) is 13.4 Å². The number of carbonyl (C=O) groups excluding carboxylic acids is 2. The quantitative estimate of drug-likeness (QED) is 0.790. The van der Waals surface area contributed by atoms with Gasteiger partial charge in [0, 0.05) is 12.7 Å². The lowest BCUT2D eigenvalue weighted by Gasteiger charge is -2.29. The van der Waals surface area contributed by atoms with Crippen LogP contribution in [0.3, 0.4) is 0 Å². The van der Waals surface area contributed by atoms with E-state index in [1.165, 1.54) is 21.5 Å². The second kappa shape index (κ2) is 6.96. The van der Waals surface area contributed by atoms with Crippen molar-refractivity contribution in [2.75, 3.05) is 13.1 Å². The largest absolute Gasteiger partial charge is 0.330 e. The number of aromatic nitrogens is 1. The molecule has 2 aliphatic heterocycles. The minimum atomic E-state index is -3.89. The molecule has 0 saturated carbocycles. The molecule has 2 N–H and O–H groups in total. The first-order valence-corrected chi connectivity index (χ1v) is 10.5. The summed E-state index contributed by atoms with van der Waals surface area (Å²) in [6, 6.07) is 2.59. The first kappa shape index (κ1) is 19.9. The molecule has 0 spiro atoms. The highest BCUT2D eigenvalue weighted by Gasteiger charge is 2.54. The van der Waals surface area contributed by atoms with Crippen LogP contribution in [0.4, 0.5) is 0 Å². The van der Waals surface area contributed by atoms with Gasteiger partial charge in [0.2, 0.25) is 5.91 Å². The number of ketones is 1. The van der Waals surface area contributed by atoms with Gasteiger partial charge in [-0.2, -0.15) is 4.31 Å². The maximum atomic E-state index is 12.9. The van der Waals surface area contributed by atoms with Gasteiger partial charge in [0.25, 0.3) is 10.0 Å². The molecule has 0 aromatic carbocycles. The lowest BCUT2D eigenvalue weighted by molar-refractivity contribution is -0.138. The summed E-state index contributed by atoms with van der Waals surface area (Å²) in [5.41, 5.74) is 5.96. The van der Waals surface area contributed by atoms with Gasteiger partial charge in [-0.3, -0.25) is 9.59 Å². The highest BCUT2D eigenvalue weighted by atomic mass is 32.2. The minimum absolute atomic E-state index is 0.0901. The lowest BCUT2D eigenvalue weighted by Crippen LogP contribution is -2.50. The first-order chi connectivity index (χ1) is 12.5. The molecule has 0 bridgehead atoms. The molecule has 3 unspecified atom stereocenters. The molecule has 1 amide bonds. The van der Waals surface area contributed by atoms with E-state index in [1.54, 1.807) is 12.1 Å². The molecule has 8 nitrogen and oxygen atoms in total. The normalized spacial score (nSPS) is 24.9. The molecule has 2 aliphatic rings. The summed E-state index contributed by atoms with van der Waals surface area (Å²) >= 11 is 0. The van der Waals surface area contributed by atoms with E-state index in [0.29, 0.717) is 19.4 Å². The summed E-state index contributed by atoms with van der Waals surface area (Å²) < 4.78 is 27.0. The third-order valence-electron chi connectivity index (χ3n) is 5.02. The van der Waals surface area contributed by atoms with Gasteiger partial charge >= 0.3 is 0 Å². The Balaban J connectivity index is 1.82. The van der Waals surface area contributed by atoms with Gasteiger partial charge in [-0.1, -0.05) is 26.8 Å². The third kappa shape index (κ3) is 3.76. The van der Waals surface area contributed by atoms with Gasteiger partial charge in [0.1, 0.15) is 6.04 Å². The van der Waals surface area contributed by atoms with Gasteiger partial charge < -0.3 is 10.6 Å². The predicted octanol–water partition coefficient (Wildman–Crippen LogP) is 0.388. The number of likely N-dealkylation sites (tertiary alicyclic amines) is 1. The number of fused-ring (bicyclic) bond motifs is 1. The minimum Gasteiger partial charge on any atom is -0.330 e. The van der Waals surface area contributed by atoms with Crippen molar-refractivity contribution in [2.45, 2.75) is 56.8 Å². The summed E-state index contributed by atoms with van der Waals surface area (Å²) in [4.78, 5) is 30.8. The molecule has 2 saturated heterocycles. The van der Waals surface area contributed by atoms with Crippen LogP contribution in [0.25, 0.3) is 0 Å². The molecule has 3 rings (SSSR count).